The first kappa shape index (κ1) is 43.6. The van der Waals surface area contributed by atoms with E-state index in [0.717, 1.165) is 77.8 Å². The Labute approximate surface area is 406 Å². The minimum Gasteiger partial charge on any atom is -0.510 e. The number of fused-ring (bicyclic) bond motifs is 4. The molecule has 0 aliphatic rings. The van der Waals surface area contributed by atoms with Crippen molar-refractivity contribution in [2.75, 3.05) is 0 Å². The van der Waals surface area contributed by atoms with Crippen molar-refractivity contribution in [1.82, 2.24) is 14.1 Å². The van der Waals surface area contributed by atoms with Crippen molar-refractivity contribution in [2.24, 2.45) is 0 Å². The summed E-state index contributed by atoms with van der Waals surface area (Å²) in [5, 5.41) is 2.21. The molecule has 67 heavy (non-hydrogen) atoms. The molecule has 0 radical (unpaired) electrons. The van der Waals surface area contributed by atoms with Crippen molar-refractivity contribution < 1.29 is 30.4 Å². The van der Waals surface area contributed by atoms with Crippen LogP contribution in [0.25, 0.3) is 83.4 Å². The van der Waals surface area contributed by atoms with Crippen LogP contribution in [0.1, 0.15) is 51.7 Å². The van der Waals surface area contributed by atoms with Gasteiger partial charge < -0.3 is 13.9 Å². The molecule has 11 rings (SSSR count). The van der Waals surface area contributed by atoms with Crippen LogP contribution < -0.4 is 9.30 Å². The van der Waals surface area contributed by atoms with Crippen LogP contribution in [0.3, 0.4) is 0 Å². The summed E-state index contributed by atoms with van der Waals surface area (Å²) < 4.78 is 13.2. The Morgan fingerprint density at radius 2 is 1.18 bits per heavy atom. The zero-order valence-electron chi connectivity index (χ0n) is 38.1. The molecule has 0 aliphatic heterocycles. The molecule has 0 aliphatic carbocycles. The van der Waals surface area contributed by atoms with Crippen LogP contribution in [0.15, 0.2) is 194 Å². The fourth-order valence-corrected chi connectivity index (χ4v) is 9.26. The van der Waals surface area contributed by atoms with Crippen molar-refractivity contribution in [3.63, 3.8) is 0 Å². The van der Waals surface area contributed by atoms with E-state index in [2.05, 4.69) is 231 Å². The maximum absolute atomic E-state index is 6.69. The van der Waals surface area contributed by atoms with Gasteiger partial charge in [-0.25, -0.2) is 4.98 Å². The molecular weight excluding hydrogens is 1000 g/mol. The molecule has 0 saturated carbocycles. The van der Waals surface area contributed by atoms with Gasteiger partial charge in [0.15, 0.2) is 0 Å². The van der Waals surface area contributed by atoms with Crippen LogP contribution in [0.5, 0.6) is 11.5 Å². The van der Waals surface area contributed by atoms with Gasteiger partial charge in [-0.3, -0.25) is 4.57 Å². The average molecular weight is 1050 g/mol. The minimum absolute atomic E-state index is 0. The number of para-hydroxylation sites is 4. The van der Waals surface area contributed by atoms with Crippen LogP contribution in [-0.2, 0) is 26.5 Å². The molecule has 3 aromatic heterocycles. The van der Waals surface area contributed by atoms with Crippen molar-refractivity contribution in [3.8, 4) is 62.1 Å². The van der Waals surface area contributed by atoms with Gasteiger partial charge in [-0.1, -0.05) is 186 Å². The quantitative estimate of drug-likeness (QED) is 0.107. The Bertz CT molecular complexity index is 3510. The number of hydrogen-bond donors (Lipinski definition) is 0. The molecule has 0 spiro atoms. The minimum atomic E-state index is 0. The summed E-state index contributed by atoms with van der Waals surface area (Å²) in [6.07, 6.45) is 5.80. The zero-order chi connectivity index (χ0) is 44.9. The number of nitrogens with zero attached hydrogens (tertiary/aromatic N) is 4. The molecule has 8 aromatic carbocycles. The predicted molar refractivity (Wildman–Crippen MR) is 269 cm³/mol. The zero-order valence-corrected chi connectivity index (χ0v) is 40.3. The van der Waals surface area contributed by atoms with Crippen LogP contribution in [0.4, 0.5) is 0 Å². The van der Waals surface area contributed by atoms with E-state index in [4.69, 9.17) is 9.72 Å². The average Bonchev–Trinajstić information content (AvgIpc) is 3.90. The predicted octanol–water partition coefficient (Wildman–Crippen LogP) is 15.0. The van der Waals surface area contributed by atoms with E-state index in [1.54, 1.807) is 0 Å². The Kier molecular flexibility index (Phi) is 11.6. The number of benzene rings is 8. The smallest absolute Gasteiger partial charge is 0.268 e. The number of hydrogen-bond acceptors (Lipinski definition) is 2. The summed E-state index contributed by atoms with van der Waals surface area (Å²) in [5.74, 6) is 2.27. The fraction of sp³-hybridized carbons (Fsp3) is 0.115. The topological polar surface area (TPSA) is 35.9 Å². The van der Waals surface area contributed by atoms with E-state index < -0.39 is 0 Å². The van der Waals surface area contributed by atoms with E-state index in [-0.39, 0.29) is 32.4 Å². The summed E-state index contributed by atoms with van der Waals surface area (Å²) in [6.45, 7) is 11.2. The van der Waals surface area contributed by atoms with Crippen LogP contribution >= 0.6 is 0 Å². The molecule has 6 heteroatoms. The summed E-state index contributed by atoms with van der Waals surface area (Å²) in [4.78, 5) is 5.15. The van der Waals surface area contributed by atoms with E-state index in [9.17, 15) is 0 Å². The first-order valence-corrected chi connectivity index (χ1v) is 22.7. The number of pyridine rings is 1. The van der Waals surface area contributed by atoms with Gasteiger partial charge in [0, 0.05) is 49.8 Å². The first-order valence-electron chi connectivity index (χ1n) is 22.7. The van der Waals surface area contributed by atoms with Gasteiger partial charge in [0.05, 0.1) is 16.7 Å². The van der Waals surface area contributed by atoms with E-state index in [1.807, 2.05) is 30.5 Å². The second-order valence-corrected chi connectivity index (χ2v) is 18.2. The van der Waals surface area contributed by atoms with E-state index in [1.165, 1.54) is 16.7 Å². The molecular formula is C61H48N4OPt-2. The monoisotopic (exact) mass is 1050 g/mol. The first-order chi connectivity index (χ1) is 32.2. The number of ether oxygens (including phenoxy) is 1. The molecule has 0 fully saturated rings. The van der Waals surface area contributed by atoms with Gasteiger partial charge in [0.2, 0.25) is 0 Å². The second-order valence-electron chi connectivity index (χ2n) is 18.2. The molecule has 0 atom stereocenters. The Morgan fingerprint density at radius 3 is 1.87 bits per heavy atom. The van der Waals surface area contributed by atoms with Crippen molar-refractivity contribution in [3.05, 3.63) is 224 Å². The molecule has 0 bridgehead atoms. The third kappa shape index (κ3) is 8.08. The van der Waals surface area contributed by atoms with Crippen molar-refractivity contribution >= 4 is 32.8 Å². The molecule has 0 saturated heterocycles. The van der Waals surface area contributed by atoms with Gasteiger partial charge in [0.25, 0.3) is 6.33 Å². The van der Waals surface area contributed by atoms with Crippen molar-refractivity contribution in [2.45, 2.75) is 46.0 Å². The molecule has 3 heterocycles. The van der Waals surface area contributed by atoms with Gasteiger partial charge in [0.1, 0.15) is 5.82 Å². The maximum atomic E-state index is 6.69. The van der Waals surface area contributed by atoms with E-state index >= 15 is 0 Å². The second kappa shape index (κ2) is 17.8. The van der Waals surface area contributed by atoms with Crippen molar-refractivity contribution in [1.29, 1.82) is 0 Å². The summed E-state index contributed by atoms with van der Waals surface area (Å²) in [5.41, 5.74) is 15.3. The number of aromatic nitrogens is 4. The van der Waals surface area contributed by atoms with Crippen LogP contribution in [-0.4, -0.2) is 14.1 Å². The Morgan fingerprint density at radius 1 is 0.567 bits per heavy atom. The third-order valence-corrected chi connectivity index (χ3v) is 12.6. The number of rotatable bonds is 9. The molecule has 5 nitrogen and oxygen atoms in total. The molecule has 11 aromatic rings. The largest absolute Gasteiger partial charge is 0.510 e. The summed E-state index contributed by atoms with van der Waals surface area (Å²) in [6, 6.07) is 73.1. The standard InChI is InChI=1S/C61H48N4O.Pt/c1-41(2)53-38-59(62-39-54(53)44-30-32-45(33-31-44)61(3,4)5)65-55-27-13-12-24-51(55)52-35-34-48(37-58(52)65)66-47-23-16-22-46(36-47)63-40-64(57-29-15-14-28-56(57)63)60-49(42-18-8-6-9-19-42)25-17-26-50(60)43-20-10-7-11-21-43;/h6-35,38-39,41H,1-5H3;/q-2;. The summed E-state index contributed by atoms with van der Waals surface area (Å²) in [7, 11) is 0. The Hall–Kier alpha value is -7.33. The summed E-state index contributed by atoms with van der Waals surface area (Å²) >= 11 is 0. The third-order valence-electron chi connectivity index (χ3n) is 12.6. The van der Waals surface area contributed by atoms with Gasteiger partial charge in [-0.15, -0.1) is 29.7 Å². The van der Waals surface area contributed by atoms with Gasteiger partial charge >= 0.3 is 0 Å². The SMILES string of the molecule is CC(C)c1cc(-n2c3[c-]c(Oc4[c-]c(-n5[c-][n+](-c6c(-c7ccccc7)cccc6-c6ccccc6)c6ccccc65)ccc4)ccc3c3ccccc32)ncc1-c1ccc(C(C)(C)C)cc1.[Pt]. The van der Waals surface area contributed by atoms with Gasteiger partial charge in [-0.2, -0.15) is 18.2 Å². The Balaban J connectivity index is 0.00000525. The van der Waals surface area contributed by atoms with Crippen LogP contribution in [0.2, 0.25) is 0 Å². The molecule has 330 valence electrons. The fourth-order valence-electron chi connectivity index (χ4n) is 9.26. The molecule has 0 N–H and O–H groups in total. The van der Waals surface area contributed by atoms with Gasteiger partial charge in [-0.05, 0) is 73.5 Å². The normalized spacial score (nSPS) is 11.7. The molecule has 0 amide bonds. The maximum Gasteiger partial charge on any atom is 0.268 e. The van der Waals surface area contributed by atoms with E-state index in [0.29, 0.717) is 11.5 Å². The molecule has 0 unspecified atom stereocenters. The number of imidazole rings is 1. The van der Waals surface area contributed by atoms with Crippen LogP contribution in [0, 0.1) is 18.5 Å².